The van der Waals surface area contributed by atoms with Gasteiger partial charge in [0.05, 0.1) is 22.2 Å². The van der Waals surface area contributed by atoms with Crippen molar-refractivity contribution >= 4 is 135 Å². The number of benzene rings is 16. The Labute approximate surface area is 647 Å². The van der Waals surface area contributed by atoms with Crippen molar-refractivity contribution in [2.45, 2.75) is 18.3 Å². The predicted molar refractivity (Wildman–Crippen MR) is 464 cm³/mol. The molecule has 109 heavy (non-hydrogen) atoms. The molecule has 2 spiro atoms. The molecule has 2 unspecified atom stereocenters. The van der Waals surface area contributed by atoms with Crippen LogP contribution < -0.4 is 5.46 Å². The Balaban J connectivity index is 0.000000113. The molecular formula is C101H64BBrN2O2S2. The van der Waals surface area contributed by atoms with Gasteiger partial charge in [-0.05, 0) is 215 Å². The third kappa shape index (κ3) is 9.37. The Bertz CT molecular complexity index is 7100. The SMILES string of the molecule is Brc1ccc2c(c1)C1(c3ccccc3-c3cc4sc5ccccc5c4cc31)c1cccnc1-2.C.OB(O)c1c2ccccc2c(-c2ccccc2)c2ccccc12.c1ccc(-c2c3ccccc3c(-c3ccc4c(c3)C3(c5ccccc5-c5cc6sc7ccccc7c6cc53)c3cccnc3-4)c3ccccc23)cc1. The van der Waals surface area contributed by atoms with Gasteiger partial charge in [-0.2, -0.15) is 0 Å². The minimum Gasteiger partial charge on any atom is -0.423 e. The van der Waals surface area contributed by atoms with Crippen LogP contribution in [-0.2, 0) is 10.8 Å². The number of rotatable bonds is 4. The monoisotopic (exact) mass is 1490 g/mol. The highest BCUT2D eigenvalue weighted by atomic mass is 79.9. The highest BCUT2D eigenvalue weighted by molar-refractivity contribution is 9.10. The highest BCUT2D eigenvalue weighted by Crippen LogP contribution is 2.66. The molecule has 0 radical (unpaired) electrons. The van der Waals surface area contributed by atoms with E-state index in [0.29, 0.717) is 5.46 Å². The van der Waals surface area contributed by atoms with Gasteiger partial charge >= 0.3 is 7.12 Å². The van der Waals surface area contributed by atoms with Crippen molar-refractivity contribution in [2.75, 3.05) is 0 Å². The van der Waals surface area contributed by atoms with Gasteiger partial charge in [-0.25, -0.2) is 0 Å². The second kappa shape index (κ2) is 25.2. The lowest BCUT2D eigenvalue weighted by atomic mass is 9.70. The zero-order valence-electron chi connectivity index (χ0n) is 58.0. The number of hydrogen-bond acceptors (Lipinski definition) is 6. The molecule has 0 bridgehead atoms. The maximum Gasteiger partial charge on any atom is 0.489 e. The molecule has 16 aromatic carbocycles. The standard InChI is InChI=1S/C50H29NS.C30H16BrNS.C20H15BO2.CH4/c1-2-13-30(14-3-1)47-34-17-4-6-19-36(34)48(37-20-7-5-18-35(37)47)31-24-25-38-43(27-31)50(42-22-12-26-51-49(38)42)41-21-10-8-15-32(41)39-29-46-40(28-44(39)50)33-16-9-11-23-45(33)52-46;31-17-11-12-20-25(14-17)30(24-9-5-13-32-29(20)24)23-8-3-1-6-18(23)21-16-28-22(15-26(21)30)19-7-2-4-10-27(19)33-28;22-21(23)20-17-12-6-4-10-15(17)19(14-8-2-1-3-9-14)16-11-5-7-13-18(16)20;/h1-29H;1-16H;1-13,22-23H;1H4. The first kappa shape index (κ1) is 65.1. The summed E-state index contributed by atoms with van der Waals surface area (Å²) in [7, 11) is -1.50. The van der Waals surface area contributed by atoms with Crippen molar-refractivity contribution in [3.63, 3.8) is 0 Å². The van der Waals surface area contributed by atoms with E-state index in [4.69, 9.17) is 9.97 Å². The van der Waals surface area contributed by atoms with Crippen molar-refractivity contribution in [1.82, 2.24) is 9.97 Å². The van der Waals surface area contributed by atoms with Crippen LogP contribution in [0, 0.1) is 0 Å². The first-order chi connectivity index (χ1) is 53.3. The summed E-state index contributed by atoms with van der Waals surface area (Å²) in [5.74, 6) is 0. The topological polar surface area (TPSA) is 66.2 Å². The van der Waals surface area contributed by atoms with Crippen LogP contribution in [0.5, 0.6) is 0 Å². The Morgan fingerprint density at radius 2 is 0.606 bits per heavy atom. The van der Waals surface area contributed by atoms with Crippen molar-refractivity contribution in [3.05, 3.63) is 401 Å². The van der Waals surface area contributed by atoms with Crippen molar-refractivity contribution in [1.29, 1.82) is 0 Å². The number of nitrogens with zero attached hydrogens (tertiary/aromatic N) is 2. The van der Waals surface area contributed by atoms with E-state index in [9.17, 15) is 10.0 Å². The molecule has 8 heteroatoms. The van der Waals surface area contributed by atoms with Crippen LogP contribution in [0.1, 0.15) is 51.9 Å². The van der Waals surface area contributed by atoms with Crippen LogP contribution in [0.4, 0.5) is 0 Å². The van der Waals surface area contributed by atoms with E-state index < -0.39 is 12.5 Å². The van der Waals surface area contributed by atoms with E-state index in [-0.39, 0.29) is 12.8 Å². The molecule has 4 nitrogen and oxygen atoms in total. The molecule has 4 aliphatic rings. The van der Waals surface area contributed by atoms with Gasteiger partial charge in [-0.15, -0.1) is 22.7 Å². The summed E-state index contributed by atoms with van der Waals surface area (Å²) < 4.78 is 6.45. The summed E-state index contributed by atoms with van der Waals surface area (Å²) in [6.07, 6.45) is 3.87. The van der Waals surface area contributed by atoms with Crippen LogP contribution >= 0.6 is 38.6 Å². The van der Waals surface area contributed by atoms with E-state index in [0.717, 1.165) is 48.5 Å². The van der Waals surface area contributed by atoms with Crippen molar-refractivity contribution in [2.24, 2.45) is 0 Å². The summed E-state index contributed by atoms with van der Waals surface area (Å²) in [5, 5.41) is 34.1. The molecule has 512 valence electrons. The number of aromatic nitrogens is 2. The number of fused-ring (bicyclic) bond motifs is 30. The zero-order valence-corrected chi connectivity index (χ0v) is 61.3. The number of thiophene rings is 2. The molecule has 0 aliphatic heterocycles. The molecule has 4 aliphatic carbocycles. The van der Waals surface area contributed by atoms with Crippen molar-refractivity contribution in [3.8, 4) is 78.1 Å². The average Bonchev–Trinajstić information content (AvgIpc) is 1.51. The lowest BCUT2D eigenvalue weighted by Crippen LogP contribution is -2.31. The first-order valence-corrected chi connectivity index (χ1v) is 39.1. The van der Waals surface area contributed by atoms with Crippen LogP contribution in [0.15, 0.2) is 357 Å². The van der Waals surface area contributed by atoms with Crippen LogP contribution in [0.25, 0.3) is 162 Å². The Hall–Kier alpha value is -12.2. The Morgan fingerprint density at radius 3 is 1.06 bits per heavy atom. The first-order valence-electron chi connectivity index (χ1n) is 36.7. The van der Waals surface area contributed by atoms with Gasteiger partial charge < -0.3 is 10.0 Å². The van der Waals surface area contributed by atoms with Gasteiger partial charge in [0.15, 0.2) is 0 Å². The minimum atomic E-state index is -1.50. The van der Waals surface area contributed by atoms with Gasteiger partial charge in [0, 0.05) is 68.3 Å². The molecule has 4 heterocycles. The largest absolute Gasteiger partial charge is 0.489 e. The number of halogens is 1. The molecular weight excluding hydrogens is 1430 g/mol. The third-order valence-electron chi connectivity index (χ3n) is 23.4. The van der Waals surface area contributed by atoms with Gasteiger partial charge in [-0.1, -0.05) is 296 Å². The van der Waals surface area contributed by atoms with E-state index in [2.05, 4.69) is 289 Å². The molecule has 0 saturated heterocycles. The Kier molecular flexibility index (Phi) is 15.0. The molecule has 24 rings (SSSR count). The van der Waals surface area contributed by atoms with E-state index in [1.54, 1.807) is 0 Å². The fourth-order valence-electron chi connectivity index (χ4n) is 19.2. The fraction of sp³-hybridized carbons (Fsp3) is 0.0297. The summed E-state index contributed by atoms with van der Waals surface area (Å²) >= 11 is 7.55. The van der Waals surface area contributed by atoms with Crippen LogP contribution in [0.3, 0.4) is 0 Å². The van der Waals surface area contributed by atoms with Gasteiger partial charge in [0.25, 0.3) is 0 Å². The number of hydrogen-bond donors (Lipinski definition) is 2. The summed E-state index contributed by atoms with van der Waals surface area (Å²) in [5.41, 5.74) is 27.5. The van der Waals surface area contributed by atoms with Gasteiger partial charge in [0.1, 0.15) is 0 Å². The average molecular weight is 1490 g/mol. The van der Waals surface area contributed by atoms with E-state index in [1.165, 1.54) is 162 Å². The summed E-state index contributed by atoms with van der Waals surface area (Å²) in [4.78, 5) is 10.0. The smallest absolute Gasteiger partial charge is 0.423 e. The summed E-state index contributed by atoms with van der Waals surface area (Å²) in [6, 6.07) is 123. The van der Waals surface area contributed by atoms with E-state index in [1.807, 2.05) is 102 Å². The van der Waals surface area contributed by atoms with Gasteiger partial charge in [0.2, 0.25) is 0 Å². The normalized spacial score (nSPS) is 14.9. The molecule has 0 amide bonds. The highest BCUT2D eigenvalue weighted by Gasteiger charge is 2.54. The Morgan fingerprint density at radius 1 is 0.257 bits per heavy atom. The maximum atomic E-state index is 9.94. The second-order valence-electron chi connectivity index (χ2n) is 28.7. The predicted octanol–water partition coefficient (Wildman–Crippen LogP) is 26.0. The molecule has 0 fully saturated rings. The molecule has 2 atom stereocenters. The fourth-order valence-corrected chi connectivity index (χ4v) is 21.9. The lowest BCUT2D eigenvalue weighted by molar-refractivity contribution is 0.426. The maximum absolute atomic E-state index is 9.94. The zero-order chi connectivity index (χ0) is 71.5. The quantitative estimate of drug-likeness (QED) is 0.136. The molecule has 4 aromatic heterocycles. The van der Waals surface area contributed by atoms with Crippen LogP contribution in [0.2, 0.25) is 0 Å². The molecule has 0 saturated carbocycles. The molecule has 2 N–H and O–H groups in total. The third-order valence-corrected chi connectivity index (χ3v) is 26.2. The van der Waals surface area contributed by atoms with E-state index >= 15 is 0 Å². The lowest BCUT2D eigenvalue weighted by Gasteiger charge is -2.30. The minimum absolute atomic E-state index is 0. The van der Waals surface area contributed by atoms with Crippen LogP contribution in [-0.4, -0.2) is 27.1 Å². The van der Waals surface area contributed by atoms with Crippen molar-refractivity contribution < 1.29 is 10.0 Å². The molecule has 20 aromatic rings. The number of pyridine rings is 2. The second-order valence-corrected chi connectivity index (χ2v) is 31.7. The van der Waals surface area contributed by atoms with Gasteiger partial charge in [-0.3, -0.25) is 9.97 Å². The summed E-state index contributed by atoms with van der Waals surface area (Å²) in [6.45, 7) is 0.